The molecule has 21 heavy (non-hydrogen) atoms. The lowest BCUT2D eigenvalue weighted by molar-refractivity contribution is -0.117. The molecule has 7 nitrogen and oxygen atoms in total. The maximum Gasteiger partial charge on any atom is 0.250 e. The van der Waals surface area contributed by atoms with E-state index in [0.29, 0.717) is 12.2 Å². The number of rotatable bonds is 7. The van der Waals surface area contributed by atoms with Crippen molar-refractivity contribution in [3.8, 4) is 0 Å². The summed E-state index contributed by atoms with van der Waals surface area (Å²) < 4.78 is 23.6. The van der Waals surface area contributed by atoms with Gasteiger partial charge in [-0.25, -0.2) is 8.42 Å². The van der Waals surface area contributed by atoms with Crippen molar-refractivity contribution in [2.75, 3.05) is 17.3 Å². The van der Waals surface area contributed by atoms with E-state index in [-0.39, 0.29) is 17.7 Å². The number of aromatic nitrogens is 1. The minimum Gasteiger partial charge on any atom is -0.323 e. The number of sulfone groups is 1. The zero-order valence-corrected chi connectivity index (χ0v) is 13.0. The lowest BCUT2D eigenvalue weighted by Crippen LogP contribution is -2.37. The zero-order chi connectivity index (χ0) is 16.0. The van der Waals surface area contributed by atoms with Crippen LogP contribution < -0.4 is 16.6 Å². The molecule has 0 aliphatic heterocycles. The number of carbonyl (C=O) groups is 1. The molecule has 0 aliphatic rings. The maximum absolute atomic E-state index is 11.9. The molecule has 0 saturated carbocycles. The van der Waals surface area contributed by atoms with Crippen molar-refractivity contribution in [1.82, 2.24) is 4.57 Å². The molecule has 1 aromatic heterocycles. The minimum atomic E-state index is -3.15. The number of nitrogens with two attached hydrogens (primary N) is 1. The van der Waals surface area contributed by atoms with Crippen LogP contribution in [0.3, 0.4) is 0 Å². The van der Waals surface area contributed by atoms with Crippen molar-refractivity contribution in [3.63, 3.8) is 0 Å². The highest BCUT2D eigenvalue weighted by molar-refractivity contribution is 7.90. The molecule has 1 unspecified atom stereocenters. The van der Waals surface area contributed by atoms with E-state index in [2.05, 4.69) is 5.32 Å². The third-order valence-corrected chi connectivity index (χ3v) is 3.83. The van der Waals surface area contributed by atoms with Crippen LogP contribution in [0.25, 0.3) is 0 Å². The van der Waals surface area contributed by atoms with E-state index in [4.69, 9.17) is 5.73 Å². The molecule has 0 radical (unpaired) electrons. The molecule has 3 N–H and O–H groups in total. The first-order valence-electron chi connectivity index (χ1n) is 6.67. The molecule has 1 amide bonds. The van der Waals surface area contributed by atoms with E-state index in [1.165, 1.54) is 16.7 Å². The number of nitrogens with one attached hydrogen (secondary N) is 1. The Hall–Kier alpha value is -1.67. The Balaban J connectivity index is 2.70. The van der Waals surface area contributed by atoms with Gasteiger partial charge in [0, 0.05) is 25.1 Å². The summed E-state index contributed by atoms with van der Waals surface area (Å²) in [5.74, 6) is -0.614. The van der Waals surface area contributed by atoms with Crippen LogP contribution in [0.5, 0.6) is 0 Å². The Morgan fingerprint density at radius 3 is 2.67 bits per heavy atom. The molecule has 0 fully saturated rings. The number of hydrogen-bond acceptors (Lipinski definition) is 5. The summed E-state index contributed by atoms with van der Waals surface area (Å²) in [5.41, 5.74) is 5.97. The van der Waals surface area contributed by atoms with Crippen LogP contribution in [0.2, 0.25) is 0 Å². The highest BCUT2D eigenvalue weighted by Crippen LogP contribution is 2.05. The van der Waals surface area contributed by atoms with Crippen molar-refractivity contribution < 1.29 is 13.2 Å². The normalized spacial score (nSPS) is 12.9. The second-order valence-electron chi connectivity index (χ2n) is 4.96. The molecule has 0 bridgehead atoms. The fourth-order valence-electron chi connectivity index (χ4n) is 1.73. The van der Waals surface area contributed by atoms with Gasteiger partial charge in [0.15, 0.2) is 0 Å². The standard InChI is InChI=1S/C13H21N3O4S/c1-3-7-16-9-10(4-5-12(16)17)15-13(18)11(14)6-8-21(2,19)20/h4-5,9,11H,3,6-8,14H2,1-2H3,(H,15,18). The van der Waals surface area contributed by atoms with E-state index >= 15 is 0 Å². The molecule has 118 valence electrons. The zero-order valence-electron chi connectivity index (χ0n) is 12.2. The van der Waals surface area contributed by atoms with Crippen molar-refractivity contribution in [1.29, 1.82) is 0 Å². The van der Waals surface area contributed by atoms with Crippen molar-refractivity contribution in [3.05, 3.63) is 28.7 Å². The van der Waals surface area contributed by atoms with Gasteiger partial charge in [-0.1, -0.05) is 6.92 Å². The van der Waals surface area contributed by atoms with Crippen molar-refractivity contribution in [2.24, 2.45) is 5.73 Å². The van der Waals surface area contributed by atoms with Gasteiger partial charge in [-0.05, 0) is 18.9 Å². The molecule has 1 rings (SSSR count). The molecule has 0 spiro atoms. The van der Waals surface area contributed by atoms with Gasteiger partial charge in [0.2, 0.25) is 5.91 Å². The predicted molar refractivity (Wildman–Crippen MR) is 81.9 cm³/mol. The van der Waals surface area contributed by atoms with Gasteiger partial charge in [-0.15, -0.1) is 0 Å². The van der Waals surface area contributed by atoms with Crippen LogP contribution in [-0.2, 0) is 21.2 Å². The Morgan fingerprint density at radius 1 is 1.43 bits per heavy atom. The van der Waals surface area contributed by atoms with Crippen LogP contribution in [-0.4, -0.2) is 36.9 Å². The summed E-state index contributed by atoms with van der Waals surface area (Å²) in [6.07, 6.45) is 3.50. The number of nitrogens with zero attached hydrogens (tertiary/aromatic N) is 1. The largest absolute Gasteiger partial charge is 0.323 e. The molecule has 1 atom stereocenters. The SMILES string of the molecule is CCCn1cc(NC(=O)C(N)CCS(C)(=O)=O)ccc1=O. The Kier molecular flexibility index (Phi) is 6.10. The van der Waals surface area contributed by atoms with Gasteiger partial charge in [0.25, 0.3) is 5.56 Å². The monoisotopic (exact) mass is 315 g/mol. The van der Waals surface area contributed by atoms with Crippen LogP contribution in [0, 0.1) is 0 Å². The quantitative estimate of drug-likeness (QED) is 0.733. The van der Waals surface area contributed by atoms with Crippen LogP contribution in [0.15, 0.2) is 23.1 Å². The fraction of sp³-hybridized carbons (Fsp3) is 0.538. The highest BCUT2D eigenvalue weighted by Gasteiger charge is 2.16. The fourth-order valence-corrected chi connectivity index (χ4v) is 2.41. The van der Waals surface area contributed by atoms with Gasteiger partial charge in [-0.3, -0.25) is 9.59 Å². The summed E-state index contributed by atoms with van der Waals surface area (Å²) in [7, 11) is -3.15. The molecular formula is C13H21N3O4S. The molecule has 1 heterocycles. The summed E-state index contributed by atoms with van der Waals surface area (Å²) in [6.45, 7) is 2.50. The summed E-state index contributed by atoms with van der Waals surface area (Å²) >= 11 is 0. The Bertz CT molecular complexity index is 652. The van der Waals surface area contributed by atoms with Gasteiger partial charge in [0.1, 0.15) is 9.84 Å². The lowest BCUT2D eigenvalue weighted by Gasteiger charge is -2.13. The number of carbonyl (C=O) groups excluding carboxylic acids is 1. The number of aryl methyl sites for hydroxylation is 1. The molecule has 0 saturated heterocycles. The van der Waals surface area contributed by atoms with E-state index in [9.17, 15) is 18.0 Å². The second-order valence-corrected chi connectivity index (χ2v) is 7.22. The second kappa shape index (κ2) is 7.37. The van der Waals surface area contributed by atoms with Gasteiger partial charge >= 0.3 is 0 Å². The van der Waals surface area contributed by atoms with Crippen LogP contribution in [0.4, 0.5) is 5.69 Å². The molecular weight excluding hydrogens is 294 g/mol. The average molecular weight is 315 g/mol. The van der Waals surface area contributed by atoms with Crippen LogP contribution >= 0.6 is 0 Å². The highest BCUT2D eigenvalue weighted by atomic mass is 32.2. The van der Waals surface area contributed by atoms with E-state index in [0.717, 1.165) is 12.7 Å². The number of pyridine rings is 1. The third kappa shape index (κ3) is 6.09. The first-order valence-corrected chi connectivity index (χ1v) is 8.73. The molecule has 0 aliphatic carbocycles. The smallest absolute Gasteiger partial charge is 0.250 e. The first kappa shape index (κ1) is 17.4. The van der Waals surface area contributed by atoms with Crippen molar-refractivity contribution >= 4 is 21.4 Å². The Labute approximate surface area is 124 Å². The van der Waals surface area contributed by atoms with Crippen LogP contribution in [0.1, 0.15) is 19.8 Å². The number of anilines is 1. The topological polar surface area (TPSA) is 111 Å². The van der Waals surface area contributed by atoms with Crippen molar-refractivity contribution in [2.45, 2.75) is 32.4 Å². The molecule has 0 aromatic carbocycles. The molecule has 1 aromatic rings. The average Bonchev–Trinajstić information content (AvgIpc) is 2.39. The number of hydrogen-bond donors (Lipinski definition) is 2. The minimum absolute atomic E-state index is 0.0548. The van der Waals surface area contributed by atoms with Gasteiger partial charge < -0.3 is 15.6 Å². The lowest BCUT2D eigenvalue weighted by atomic mass is 10.2. The maximum atomic E-state index is 11.9. The third-order valence-electron chi connectivity index (χ3n) is 2.85. The van der Waals surface area contributed by atoms with E-state index in [1.807, 2.05) is 6.92 Å². The van der Waals surface area contributed by atoms with Gasteiger partial charge in [0.05, 0.1) is 17.5 Å². The summed E-state index contributed by atoms with van der Waals surface area (Å²) in [6, 6.07) is 1.95. The first-order chi connectivity index (χ1) is 9.73. The van der Waals surface area contributed by atoms with E-state index in [1.54, 1.807) is 6.20 Å². The van der Waals surface area contributed by atoms with Gasteiger partial charge in [-0.2, -0.15) is 0 Å². The Morgan fingerprint density at radius 2 is 2.10 bits per heavy atom. The van der Waals surface area contributed by atoms with E-state index < -0.39 is 21.8 Å². The summed E-state index contributed by atoms with van der Waals surface area (Å²) in [5, 5.41) is 2.59. The molecule has 8 heteroatoms. The number of amides is 1. The summed E-state index contributed by atoms with van der Waals surface area (Å²) in [4.78, 5) is 23.4. The predicted octanol–water partition coefficient (Wildman–Crippen LogP) is -0.0412.